The van der Waals surface area contributed by atoms with Gasteiger partial charge in [0.25, 0.3) is 5.69 Å². The molecule has 0 radical (unpaired) electrons. The third kappa shape index (κ3) is 2.71. The maximum absolute atomic E-state index is 13.7. The average Bonchev–Trinajstić information content (AvgIpc) is 2.29. The number of benzene rings is 1. The van der Waals surface area contributed by atoms with E-state index in [2.05, 4.69) is 0 Å². The van der Waals surface area contributed by atoms with E-state index in [1.54, 1.807) is 4.90 Å². The van der Waals surface area contributed by atoms with Gasteiger partial charge in [0.15, 0.2) is 5.82 Å². The molecule has 0 aliphatic carbocycles. The van der Waals surface area contributed by atoms with Crippen molar-refractivity contribution in [3.05, 3.63) is 34.1 Å². The van der Waals surface area contributed by atoms with Crippen LogP contribution in [-0.4, -0.2) is 38.6 Å². The van der Waals surface area contributed by atoms with Gasteiger partial charge >= 0.3 is 0 Å². The van der Waals surface area contributed by atoms with Gasteiger partial charge in [-0.25, -0.2) is 4.39 Å². The minimum atomic E-state index is -2.78. The van der Waals surface area contributed by atoms with Crippen molar-refractivity contribution in [1.82, 2.24) is 0 Å². The van der Waals surface area contributed by atoms with Crippen molar-refractivity contribution in [2.75, 3.05) is 29.5 Å². The molecule has 1 aliphatic rings. The summed E-state index contributed by atoms with van der Waals surface area (Å²) >= 11 is 0. The highest BCUT2D eigenvalue weighted by atomic mass is 32.3. The Morgan fingerprint density at radius 1 is 1.39 bits per heavy atom. The lowest BCUT2D eigenvalue weighted by atomic mass is 10.2. The average molecular weight is 275 g/mol. The Labute approximate surface area is 105 Å². The van der Waals surface area contributed by atoms with Gasteiger partial charge in [0, 0.05) is 30.7 Å². The molecule has 1 heterocycles. The largest absolute Gasteiger partial charge is 0.768 e. The molecule has 1 N–H and O–H groups in total. The van der Waals surface area contributed by atoms with Crippen molar-refractivity contribution in [3.63, 3.8) is 0 Å². The second-order valence-electron chi connectivity index (χ2n) is 4.06. The number of nitrogens with zero attached hydrogens (tertiary/aromatic N) is 2. The quantitative estimate of drug-likeness (QED) is 0.658. The number of halogens is 1. The molecule has 18 heavy (non-hydrogen) atoms. The highest BCUT2D eigenvalue weighted by Crippen LogP contribution is 2.41. The summed E-state index contributed by atoms with van der Waals surface area (Å²) in [6, 6.07) is 3.42. The van der Waals surface area contributed by atoms with Crippen LogP contribution < -0.4 is 4.90 Å². The normalized spacial score (nSPS) is 20.5. The van der Waals surface area contributed by atoms with Gasteiger partial charge in [-0.15, -0.1) is 0 Å². The van der Waals surface area contributed by atoms with Gasteiger partial charge in [0.2, 0.25) is 0 Å². The molecule has 0 atom stereocenters. The van der Waals surface area contributed by atoms with Crippen LogP contribution in [0.5, 0.6) is 0 Å². The topological polar surface area (TPSA) is 89.7 Å². The standard InChI is InChI=1S/C10H13FN2O4S/c11-9-7-8(13(14)15)1-2-10(9)12-3-5-18(16,17)6-4-12/h1-2,7,16-17H,3-6H2/p-1. The van der Waals surface area contributed by atoms with Crippen molar-refractivity contribution >= 4 is 22.0 Å². The van der Waals surface area contributed by atoms with Crippen LogP contribution in [0, 0.1) is 15.9 Å². The number of rotatable bonds is 2. The van der Waals surface area contributed by atoms with Gasteiger partial charge in [-0.05, 0) is 6.07 Å². The molecule has 1 saturated heterocycles. The summed E-state index contributed by atoms with van der Waals surface area (Å²) < 4.78 is 34.4. The molecular formula is C10H12FN2O4S-. The third-order valence-electron chi connectivity index (χ3n) is 2.84. The highest BCUT2D eigenvalue weighted by Gasteiger charge is 2.21. The van der Waals surface area contributed by atoms with Crippen LogP contribution in [0.1, 0.15) is 0 Å². The molecule has 8 heteroatoms. The summed E-state index contributed by atoms with van der Waals surface area (Å²) in [5.41, 5.74) is -0.0743. The zero-order valence-electron chi connectivity index (χ0n) is 9.41. The second-order valence-corrected chi connectivity index (χ2v) is 6.42. The third-order valence-corrected chi connectivity index (χ3v) is 4.48. The van der Waals surface area contributed by atoms with E-state index < -0.39 is 21.3 Å². The van der Waals surface area contributed by atoms with Crippen LogP contribution in [0.25, 0.3) is 0 Å². The molecule has 1 aromatic carbocycles. The van der Waals surface area contributed by atoms with Gasteiger partial charge in [-0.2, -0.15) is 0 Å². The zero-order chi connectivity index (χ0) is 13.3. The van der Waals surface area contributed by atoms with E-state index in [4.69, 9.17) is 0 Å². The molecule has 100 valence electrons. The monoisotopic (exact) mass is 275 g/mol. The minimum Gasteiger partial charge on any atom is -0.768 e. The second kappa shape index (κ2) is 4.71. The van der Waals surface area contributed by atoms with E-state index in [0.717, 1.165) is 6.07 Å². The maximum Gasteiger partial charge on any atom is 0.272 e. The lowest BCUT2D eigenvalue weighted by molar-refractivity contribution is -0.385. The first kappa shape index (κ1) is 13.1. The van der Waals surface area contributed by atoms with Crippen LogP contribution in [0.15, 0.2) is 18.2 Å². The Morgan fingerprint density at radius 2 is 2.00 bits per heavy atom. The fourth-order valence-corrected chi connectivity index (χ4v) is 3.04. The fraction of sp³-hybridized carbons (Fsp3) is 0.400. The van der Waals surface area contributed by atoms with Crippen molar-refractivity contribution in [2.45, 2.75) is 0 Å². The van der Waals surface area contributed by atoms with Crippen molar-refractivity contribution in [2.24, 2.45) is 0 Å². The SMILES string of the molecule is O=[N+]([O-])c1ccc(N2CCS([O-])(O)CC2)c(F)c1. The van der Waals surface area contributed by atoms with E-state index in [-0.39, 0.29) is 36.0 Å². The summed E-state index contributed by atoms with van der Waals surface area (Å²) in [5, 5.41) is 10.5. The van der Waals surface area contributed by atoms with E-state index in [9.17, 15) is 23.6 Å². The van der Waals surface area contributed by atoms with E-state index >= 15 is 0 Å². The van der Waals surface area contributed by atoms with Crippen LogP contribution in [0.4, 0.5) is 15.8 Å². The lowest BCUT2D eigenvalue weighted by Gasteiger charge is -2.51. The molecule has 1 fully saturated rings. The first-order valence-corrected chi connectivity index (χ1v) is 7.15. The Balaban J connectivity index is 2.17. The predicted molar refractivity (Wildman–Crippen MR) is 66.0 cm³/mol. The molecule has 0 bridgehead atoms. The van der Waals surface area contributed by atoms with Crippen LogP contribution in [0.2, 0.25) is 0 Å². The summed E-state index contributed by atoms with van der Waals surface area (Å²) in [4.78, 5) is 11.4. The number of non-ortho nitro benzene ring substituents is 1. The Hall–Kier alpha value is -1.38. The number of anilines is 1. The molecule has 0 aromatic heterocycles. The number of nitro benzene ring substituents is 1. The predicted octanol–water partition coefficient (Wildman–Crippen LogP) is 1.96. The molecule has 0 amide bonds. The highest BCUT2D eigenvalue weighted by molar-refractivity contribution is 8.24. The maximum atomic E-state index is 13.7. The van der Waals surface area contributed by atoms with Crippen LogP contribution >= 0.6 is 10.6 Å². The molecule has 6 nitrogen and oxygen atoms in total. The smallest absolute Gasteiger partial charge is 0.272 e. The summed E-state index contributed by atoms with van der Waals surface area (Å²) in [7, 11) is -2.78. The first-order valence-electron chi connectivity index (χ1n) is 5.30. The van der Waals surface area contributed by atoms with Crippen molar-refractivity contribution in [3.8, 4) is 0 Å². The Bertz CT molecular complexity index is 473. The molecule has 0 spiro atoms. The summed E-state index contributed by atoms with van der Waals surface area (Å²) in [5.74, 6) is -0.511. The van der Waals surface area contributed by atoms with Crippen LogP contribution in [-0.2, 0) is 0 Å². The number of hydrogen-bond donors (Lipinski definition) is 1. The minimum absolute atomic E-state index is 0.0867. The van der Waals surface area contributed by atoms with E-state index in [0.29, 0.717) is 0 Å². The molecule has 0 saturated carbocycles. The van der Waals surface area contributed by atoms with Gasteiger partial charge in [-0.1, -0.05) is 0 Å². The molecule has 2 rings (SSSR count). The Morgan fingerprint density at radius 3 is 2.50 bits per heavy atom. The zero-order valence-corrected chi connectivity index (χ0v) is 10.2. The summed E-state index contributed by atoms with van der Waals surface area (Å²) in [6.45, 7) is 0.536. The molecule has 1 aromatic rings. The van der Waals surface area contributed by atoms with Crippen molar-refractivity contribution < 1.29 is 18.4 Å². The molecule has 0 unspecified atom stereocenters. The van der Waals surface area contributed by atoms with Gasteiger partial charge < -0.3 is 24.6 Å². The van der Waals surface area contributed by atoms with Gasteiger partial charge in [-0.3, -0.25) is 10.1 Å². The molecular weight excluding hydrogens is 263 g/mol. The number of hydrogen-bond acceptors (Lipinski definition) is 5. The fourth-order valence-electron chi connectivity index (χ4n) is 1.83. The number of nitro groups is 1. The van der Waals surface area contributed by atoms with Gasteiger partial charge in [0.05, 0.1) is 16.7 Å². The molecule has 1 aliphatic heterocycles. The van der Waals surface area contributed by atoms with Gasteiger partial charge in [0.1, 0.15) is 0 Å². The van der Waals surface area contributed by atoms with E-state index in [1.165, 1.54) is 12.1 Å². The first-order chi connectivity index (χ1) is 8.39. The Kier molecular flexibility index (Phi) is 3.42. The lowest BCUT2D eigenvalue weighted by Crippen LogP contribution is -2.38. The van der Waals surface area contributed by atoms with Crippen LogP contribution in [0.3, 0.4) is 0 Å². The summed E-state index contributed by atoms with van der Waals surface area (Å²) in [6.07, 6.45) is 0. The van der Waals surface area contributed by atoms with Crippen molar-refractivity contribution in [1.29, 1.82) is 0 Å². The van der Waals surface area contributed by atoms with E-state index in [1.807, 2.05) is 0 Å².